The van der Waals surface area contributed by atoms with E-state index in [0.29, 0.717) is 22.1 Å². The fourth-order valence-electron chi connectivity index (χ4n) is 2.25. The van der Waals surface area contributed by atoms with Crippen molar-refractivity contribution in [1.82, 2.24) is 4.90 Å². The van der Waals surface area contributed by atoms with Gasteiger partial charge in [0.25, 0.3) is 0 Å². The summed E-state index contributed by atoms with van der Waals surface area (Å²) in [4.78, 5) is 2.25. The molecule has 0 spiro atoms. The summed E-state index contributed by atoms with van der Waals surface area (Å²) in [5, 5.41) is 3.78. The number of nitrogens with zero attached hydrogens (tertiary/aromatic N) is 1. The third-order valence-electron chi connectivity index (χ3n) is 3.26. The molecule has 0 radical (unpaired) electrons. The average molecular weight is 346 g/mol. The Hall–Kier alpha value is -0.760. The summed E-state index contributed by atoms with van der Waals surface area (Å²) >= 11 is 9.40. The molecule has 0 amide bonds. The van der Waals surface area contributed by atoms with Gasteiger partial charge < -0.3 is 5.32 Å². The highest BCUT2D eigenvalue weighted by Crippen LogP contribution is 2.33. The zero-order valence-corrected chi connectivity index (χ0v) is 12.8. The number of anilines is 1. The van der Waals surface area contributed by atoms with Crippen LogP contribution in [0.15, 0.2) is 16.6 Å². The zero-order chi connectivity index (χ0) is 13.8. The van der Waals surface area contributed by atoms with E-state index < -0.39 is 0 Å². The standard InChI is InChI=1S/C14H15BrClFN2/c1-2-5-19-6-3-11(4-7-19)18-14-12(15)8-10(17)9-13(14)16/h1,8-9,11,18H,3-7H2. The maximum absolute atomic E-state index is 13.2. The summed E-state index contributed by atoms with van der Waals surface area (Å²) in [5.41, 5.74) is 0.762. The summed E-state index contributed by atoms with van der Waals surface area (Å²) < 4.78 is 13.8. The van der Waals surface area contributed by atoms with E-state index in [4.69, 9.17) is 18.0 Å². The molecule has 0 saturated carbocycles. The van der Waals surface area contributed by atoms with Crippen LogP contribution in [0.1, 0.15) is 12.8 Å². The monoisotopic (exact) mass is 344 g/mol. The molecule has 1 aromatic carbocycles. The molecule has 1 heterocycles. The predicted octanol–water partition coefficient (Wildman–Crippen LogP) is 3.75. The van der Waals surface area contributed by atoms with Crippen molar-refractivity contribution in [3.63, 3.8) is 0 Å². The number of likely N-dealkylation sites (tertiary alicyclic amines) is 1. The molecule has 0 bridgehead atoms. The smallest absolute Gasteiger partial charge is 0.125 e. The first-order chi connectivity index (χ1) is 9.10. The van der Waals surface area contributed by atoms with Crippen LogP contribution in [0.4, 0.5) is 10.1 Å². The number of nitrogens with one attached hydrogen (secondary N) is 1. The van der Waals surface area contributed by atoms with Crippen molar-refractivity contribution in [2.75, 3.05) is 25.0 Å². The van der Waals surface area contributed by atoms with Crippen LogP contribution in [0.5, 0.6) is 0 Å². The van der Waals surface area contributed by atoms with Crippen LogP contribution in [0, 0.1) is 18.2 Å². The minimum Gasteiger partial charge on any atom is -0.380 e. The zero-order valence-electron chi connectivity index (χ0n) is 10.4. The van der Waals surface area contributed by atoms with Crippen molar-refractivity contribution in [3.8, 4) is 12.3 Å². The molecule has 0 aliphatic carbocycles. The molecule has 2 rings (SSSR count). The Morgan fingerprint density at radius 1 is 1.47 bits per heavy atom. The van der Waals surface area contributed by atoms with Gasteiger partial charge in [0.05, 0.1) is 17.3 Å². The van der Waals surface area contributed by atoms with Crippen LogP contribution < -0.4 is 5.32 Å². The Kier molecular flexibility index (Phi) is 5.09. The van der Waals surface area contributed by atoms with Gasteiger partial charge in [0, 0.05) is 23.6 Å². The van der Waals surface area contributed by atoms with E-state index >= 15 is 0 Å². The van der Waals surface area contributed by atoms with Crippen molar-refractivity contribution >= 4 is 33.2 Å². The van der Waals surface area contributed by atoms with Crippen LogP contribution >= 0.6 is 27.5 Å². The maximum atomic E-state index is 13.2. The molecule has 19 heavy (non-hydrogen) atoms. The number of piperidine rings is 1. The molecular formula is C14H15BrClFN2. The number of hydrogen-bond donors (Lipinski definition) is 1. The van der Waals surface area contributed by atoms with Gasteiger partial charge in [0.2, 0.25) is 0 Å². The molecule has 1 aliphatic heterocycles. The van der Waals surface area contributed by atoms with Gasteiger partial charge in [-0.05, 0) is 40.9 Å². The van der Waals surface area contributed by atoms with E-state index in [-0.39, 0.29) is 5.82 Å². The molecule has 1 fully saturated rings. The first kappa shape index (κ1) is 14.6. The molecule has 0 unspecified atom stereocenters. The lowest BCUT2D eigenvalue weighted by Crippen LogP contribution is -2.39. The summed E-state index contributed by atoms with van der Waals surface area (Å²) in [7, 11) is 0. The van der Waals surface area contributed by atoms with E-state index in [0.717, 1.165) is 31.6 Å². The van der Waals surface area contributed by atoms with Gasteiger partial charge >= 0.3 is 0 Å². The molecule has 1 N–H and O–H groups in total. The largest absolute Gasteiger partial charge is 0.380 e. The number of halogens is 3. The second-order valence-electron chi connectivity index (χ2n) is 4.64. The Bertz CT molecular complexity index is 470. The summed E-state index contributed by atoms with van der Waals surface area (Å²) in [6.07, 6.45) is 7.31. The maximum Gasteiger partial charge on any atom is 0.125 e. The predicted molar refractivity (Wildman–Crippen MR) is 81.0 cm³/mol. The van der Waals surface area contributed by atoms with Crippen LogP contribution in [0.25, 0.3) is 0 Å². The fraction of sp³-hybridized carbons (Fsp3) is 0.429. The highest BCUT2D eigenvalue weighted by Gasteiger charge is 2.20. The second kappa shape index (κ2) is 6.60. The van der Waals surface area contributed by atoms with Gasteiger partial charge in [-0.2, -0.15) is 0 Å². The van der Waals surface area contributed by atoms with E-state index in [1.165, 1.54) is 12.1 Å². The minimum atomic E-state index is -0.341. The fourth-order valence-corrected chi connectivity index (χ4v) is 3.17. The topological polar surface area (TPSA) is 15.3 Å². The highest BCUT2D eigenvalue weighted by molar-refractivity contribution is 9.10. The Balaban J connectivity index is 1.98. The Morgan fingerprint density at radius 3 is 2.74 bits per heavy atom. The quantitative estimate of drug-likeness (QED) is 0.839. The van der Waals surface area contributed by atoms with Crippen LogP contribution in [0.2, 0.25) is 5.02 Å². The lowest BCUT2D eigenvalue weighted by molar-refractivity contribution is 0.243. The van der Waals surface area contributed by atoms with E-state index in [2.05, 4.69) is 32.1 Å². The molecule has 1 saturated heterocycles. The normalized spacial score (nSPS) is 17.2. The van der Waals surface area contributed by atoms with Gasteiger partial charge in [-0.3, -0.25) is 4.90 Å². The third kappa shape index (κ3) is 3.85. The lowest BCUT2D eigenvalue weighted by Gasteiger charge is -2.32. The molecule has 0 atom stereocenters. The van der Waals surface area contributed by atoms with Gasteiger partial charge in [0.1, 0.15) is 5.82 Å². The average Bonchev–Trinajstić information content (AvgIpc) is 2.36. The molecule has 1 aromatic rings. The van der Waals surface area contributed by atoms with Crippen LogP contribution in [-0.2, 0) is 0 Å². The number of hydrogen-bond acceptors (Lipinski definition) is 2. The molecule has 1 aliphatic rings. The minimum absolute atomic E-state index is 0.341. The van der Waals surface area contributed by atoms with E-state index in [1.54, 1.807) is 0 Å². The third-order valence-corrected chi connectivity index (χ3v) is 4.18. The van der Waals surface area contributed by atoms with Gasteiger partial charge in [-0.15, -0.1) is 6.42 Å². The second-order valence-corrected chi connectivity index (χ2v) is 5.90. The van der Waals surface area contributed by atoms with E-state index in [9.17, 15) is 4.39 Å². The van der Waals surface area contributed by atoms with Crippen LogP contribution in [-0.4, -0.2) is 30.6 Å². The highest BCUT2D eigenvalue weighted by atomic mass is 79.9. The van der Waals surface area contributed by atoms with Crippen molar-refractivity contribution in [2.45, 2.75) is 18.9 Å². The van der Waals surface area contributed by atoms with Gasteiger partial charge in [-0.25, -0.2) is 4.39 Å². The van der Waals surface area contributed by atoms with Gasteiger partial charge in [-0.1, -0.05) is 17.5 Å². The molecule has 2 nitrogen and oxygen atoms in total. The Labute approximate surface area is 126 Å². The number of benzene rings is 1. The number of rotatable bonds is 3. The van der Waals surface area contributed by atoms with Crippen LogP contribution in [0.3, 0.4) is 0 Å². The molecule has 0 aromatic heterocycles. The molecular weight excluding hydrogens is 331 g/mol. The first-order valence-corrected chi connectivity index (χ1v) is 7.34. The number of terminal acetylenes is 1. The van der Waals surface area contributed by atoms with Gasteiger partial charge in [0.15, 0.2) is 0 Å². The van der Waals surface area contributed by atoms with Crippen molar-refractivity contribution in [2.24, 2.45) is 0 Å². The van der Waals surface area contributed by atoms with Crippen molar-refractivity contribution < 1.29 is 4.39 Å². The van der Waals surface area contributed by atoms with E-state index in [1.807, 2.05) is 0 Å². The molecule has 5 heteroatoms. The summed E-state index contributed by atoms with van der Waals surface area (Å²) in [5.74, 6) is 2.32. The first-order valence-electron chi connectivity index (χ1n) is 6.17. The SMILES string of the molecule is C#CCN1CCC(Nc2c(Cl)cc(F)cc2Br)CC1. The van der Waals surface area contributed by atoms with Crippen molar-refractivity contribution in [3.05, 3.63) is 27.4 Å². The van der Waals surface area contributed by atoms with Crippen molar-refractivity contribution in [1.29, 1.82) is 0 Å². The summed E-state index contributed by atoms with van der Waals surface area (Å²) in [6, 6.07) is 3.08. The lowest BCUT2D eigenvalue weighted by atomic mass is 10.0. The summed E-state index contributed by atoms with van der Waals surface area (Å²) in [6.45, 7) is 2.64. The Morgan fingerprint density at radius 2 is 2.16 bits per heavy atom. The molecule has 102 valence electrons.